The van der Waals surface area contributed by atoms with E-state index in [2.05, 4.69) is 24.5 Å². The van der Waals surface area contributed by atoms with Gasteiger partial charge in [0.2, 0.25) is 11.7 Å². The molecule has 0 saturated heterocycles. The number of benzene rings is 2. The summed E-state index contributed by atoms with van der Waals surface area (Å²) < 4.78 is 15.7. The molecule has 28 heavy (non-hydrogen) atoms. The standard InChI is InChI=1S/C21H26N2O5/c1-13(2)14-7-6-8-16(9-14)23-19(24)12-22-21(25)15-10-17(26-3)20(28-5)18(11-15)27-4/h6-11,13H,12H2,1-5H3,(H,22,25)(H,23,24). The summed E-state index contributed by atoms with van der Waals surface area (Å²) in [6, 6.07) is 10.7. The first-order valence-corrected chi connectivity index (χ1v) is 8.87. The Labute approximate surface area is 165 Å². The fourth-order valence-electron chi connectivity index (χ4n) is 2.66. The van der Waals surface area contributed by atoms with Gasteiger partial charge in [0.15, 0.2) is 11.5 Å². The molecule has 150 valence electrons. The lowest BCUT2D eigenvalue weighted by atomic mass is 10.0. The van der Waals surface area contributed by atoms with Gasteiger partial charge in [-0.25, -0.2) is 0 Å². The van der Waals surface area contributed by atoms with Crippen LogP contribution in [0.1, 0.15) is 35.7 Å². The van der Waals surface area contributed by atoms with E-state index in [4.69, 9.17) is 14.2 Å². The molecule has 0 spiro atoms. The molecule has 2 N–H and O–H groups in total. The molecule has 0 atom stereocenters. The van der Waals surface area contributed by atoms with Crippen LogP contribution in [0.25, 0.3) is 0 Å². The topological polar surface area (TPSA) is 85.9 Å². The summed E-state index contributed by atoms with van der Waals surface area (Å²) in [5.41, 5.74) is 2.11. The lowest BCUT2D eigenvalue weighted by Crippen LogP contribution is -2.32. The number of carbonyl (C=O) groups excluding carboxylic acids is 2. The van der Waals surface area contributed by atoms with E-state index >= 15 is 0 Å². The number of hydrogen-bond acceptors (Lipinski definition) is 5. The molecule has 2 aromatic rings. The van der Waals surface area contributed by atoms with Crippen LogP contribution in [-0.4, -0.2) is 39.7 Å². The smallest absolute Gasteiger partial charge is 0.251 e. The second kappa shape index (κ2) is 9.64. The van der Waals surface area contributed by atoms with E-state index in [9.17, 15) is 9.59 Å². The Morgan fingerprint density at radius 2 is 1.61 bits per heavy atom. The molecule has 7 heteroatoms. The predicted molar refractivity (Wildman–Crippen MR) is 108 cm³/mol. The van der Waals surface area contributed by atoms with Gasteiger partial charge in [0, 0.05) is 11.3 Å². The minimum atomic E-state index is -0.426. The lowest BCUT2D eigenvalue weighted by molar-refractivity contribution is -0.115. The maximum Gasteiger partial charge on any atom is 0.251 e. The molecule has 0 aromatic heterocycles. The van der Waals surface area contributed by atoms with Gasteiger partial charge in [0.25, 0.3) is 5.91 Å². The Morgan fingerprint density at radius 3 is 2.14 bits per heavy atom. The summed E-state index contributed by atoms with van der Waals surface area (Å²) in [4.78, 5) is 24.6. The van der Waals surface area contributed by atoms with Gasteiger partial charge < -0.3 is 24.8 Å². The van der Waals surface area contributed by atoms with Crippen LogP contribution in [0.2, 0.25) is 0 Å². The van der Waals surface area contributed by atoms with E-state index in [1.165, 1.54) is 33.5 Å². The molecule has 0 heterocycles. The van der Waals surface area contributed by atoms with Gasteiger partial charge in [-0.15, -0.1) is 0 Å². The minimum Gasteiger partial charge on any atom is -0.493 e. The summed E-state index contributed by atoms with van der Waals surface area (Å²) in [6.07, 6.45) is 0. The van der Waals surface area contributed by atoms with E-state index in [1.54, 1.807) is 0 Å². The predicted octanol–water partition coefficient (Wildman–Crippen LogP) is 3.20. The summed E-state index contributed by atoms with van der Waals surface area (Å²) in [5, 5.41) is 5.38. The van der Waals surface area contributed by atoms with Crippen LogP contribution < -0.4 is 24.8 Å². The summed E-state index contributed by atoms with van der Waals surface area (Å²) in [6.45, 7) is 4.00. The Bertz CT molecular complexity index is 823. The van der Waals surface area contributed by atoms with E-state index in [1.807, 2.05) is 24.3 Å². The zero-order chi connectivity index (χ0) is 20.7. The number of ether oxygens (including phenoxy) is 3. The maximum atomic E-state index is 12.4. The molecular formula is C21H26N2O5. The van der Waals surface area contributed by atoms with Crippen molar-refractivity contribution in [2.24, 2.45) is 0 Å². The first-order valence-electron chi connectivity index (χ1n) is 8.87. The van der Waals surface area contributed by atoms with Gasteiger partial charge in [-0.1, -0.05) is 26.0 Å². The molecule has 0 radical (unpaired) electrons. The first kappa shape index (κ1) is 21.1. The molecule has 0 aliphatic heterocycles. The highest BCUT2D eigenvalue weighted by molar-refractivity contribution is 6.00. The van der Waals surface area contributed by atoms with Crippen molar-refractivity contribution in [3.8, 4) is 17.2 Å². The SMILES string of the molecule is COc1cc(C(=O)NCC(=O)Nc2cccc(C(C)C)c2)cc(OC)c1OC. The Morgan fingerprint density at radius 1 is 0.964 bits per heavy atom. The van der Waals surface area contributed by atoms with Crippen molar-refractivity contribution in [1.82, 2.24) is 5.32 Å². The van der Waals surface area contributed by atoms with Gasteiger partial charge >= 0.3 is 0 Å². The lowest BCUT2D eigenvalue weighted by Gasteiger charge is -2.14. The molecule has 7 nitrogen and oxygen atoms in total. The number of rotatable bonds is 8. The molecular weight excluding hydrogens is 360 g/mol. The van der Waals surface area contributed by atoms with E-state index in [-0.39, 0.29) is 12.5 Å². The third-order valence-electron chi connectivity index (χ3n) is 4.17. The second-order valence-electron chi connectivity index (χ2n) is 6.43. The Kier molecular flexibility index (Phi) is 7.26. The van der Waals surface area contributed by atoms with Gasteiger partial charge in [-0.3, -0.25) is 9.59 Å². The van der Waals surface area contributed by atoms with Crippen LogP contribution in [-0.2, 0) is 4.79 Å². The molecule has 2 aromatic carbocycles. The summed E-state index contributed by atoms with van der Waals surface area (Å²) in [5.74, 6) is 0.733. The van der Waals surface area contributed by atoms with Gasteiger partial charge in [0.1, 0.15) is 0 Å². The molecule has 0 unspecified atom stereocenters. The number of methoxy groups -OCH3 is 3. The number of nitrogens with one attached hydrogen (secondary N) is 2. The molecule has 2 rings (SSSR count). The highest BCUT2D eigenvalue weighted by Gasteiger charge is 2.17. The van der Waals surface area contributed by atoms with Crippen molar-refractivity contribution in [1.29, 1.82) is 0 Å². The van der Waals surface area contributed by atoms with Crippen LogP contribution in [0, 0.1) is 0 Å². The molecule has 0 fully saturated rings. The number of hydrogen-bond donors (Lipinski definition) is 2. The van der Waals surface area contributed by atoms with Crippen molar-refractivity contribution in [3.63, 3.8) is 0 Å². The fourth-order valence-corrected chi connectivity index (χ4v) is 2.66. The van der Waals surface area contributed by atoms with Crippen LogP contribution in [0.5, 0.6) is 17.2 Å². The number of amides is 2. The third kappa shape index (κ3) is 5.16. The summed E-state index contributed by atoms with van der Waals surface area (Å²) >= 11 is 0. The van der Waals surface area contributed by atoms with Crippen LogP contribution >= 0.6 is 0 Å². The quantitative estimate of drug-likeness (QED) is 0.728. The van der Waals surface area contributed by atoms with Crippen molar-refractivity contribution < 1.29 is 23.8 Å². The van der Waals surface area contributed by atoms with Crippen LogP contribution in [0.4, 0.5) is 5.69 Å². The van der Waals surface area contributed by atoms with Crippen molar-refractivity contribution in [2.75, 3.05) is 33.2 Å². The van der Waals surface area contributed by atoms with Crippen molar-refractivity contribution in [2.45, 2.75) is 19.8 Å². The zero-order valence-electron chi connectivity index (χ0n) is 16.8. The minimum absolute atomic E-state index is 0.165. The fraction of sp³-hybridized carbons (Fsp3) is 0.333. The normalized spacial score (nSPS) is 10.4. The summed E-state index contributed by atoms with van der Waals surface area (Å²) in [7, 11) is 4.42. The van der Waals surface area contributed by atoms with Crippen LogP contribution in [0.15, 0.2) is 36.4 Å². The molecule has 0 saturated carbocycles. The number of carbonyl (C=O) groups is 2. The highest BCUT2D eigenvalue weighted by atomic mass is 16.5. The monoisotopic (exact) mass is 386 g/mol. The van der Waals surface area contributed by atoms with Gasteiger partial charge in [-0.05, 0) is 35.7 Å². The Balaban J connectivity index is 2.03. The van der Waals surface area contributed by atoms with E-state index < -0.39 is 5.91 Å². The molecule has 0 aliphatic rings. The first-order chi connectivity index (χ1) is 13.4. The van der Waals surface area contributed by atoms with Gasteiger partial charge in [0.05, 0.1) is 27.9 Å². The van der Waals surface area contributed by atoms with Crippen LogP contribution in [0.3, 0.4) is 0 Å². The second-order valence-corrected chi connectivity index (χ2v) is 6.43. The molecule has 0 bridgehead atoms. The average Bonchev–Trinajstić information content (AvgIpc) is 2.70. The van der Waals surface area contributed by atoms with E-state index in [0.717, 1.165) is 5.56 Å². The van der Waals surface area contributed by atoms with Crippen molar-refractivity contribution in [3.05, 3.63) is 47.5 Å². The van der Waals surface area contributed by atoms with E-state index in [0.29, 0.717) is 34.4 Å². The van der Waals surface area contributed by atoms with Crippen molar-refractivity contribution >= 4 is 17.5 Å². The Hall–Kier alpha value is -3.22. The molecule has 2 amide bonds. The van der Waals surface area contributed by atoms with Gasteiger partial charge in [-0.2, -0.15) is 0 Å². The maximum absolute atomic E-state index is 12.4. The zero-order valence-corrected chi connectivity index (χ0v) is 16.8. The third-order valence-corrected chi connectivity index (χ3v) is 4.17. The number of anilines is 1. The molecule has 0 aliphatic carbocycles. The highest BCUT2D eigenvalue weighted by Crippen LogP contribution is 2.38. The largest absolute Gasteiger partial charge is 0.493 e. The average molecular weight is 386 g/mol.